The van der Waals surface area contributed by atoms with Crippen molar-refractivity contribution in [2.75, 3.05) is 23.8 Å². The lowest BCUT2D eigenvalue weighted by Crippen LogP contribution is -2.29. The maximum atomic E-state index is 4.29. The Bertz CT molecular complexity index is 295. The van der Waals surface area contributed by atoms with E-state index in [1.165, 1.54) is 17.3 Å². The minimum absolute atomic E-state index is 0.781. The molecule has 0 spiro atoms. The van der Waals surface area contributed by atoms with Gasteiger partial charge in [-0.25, -0.2) is 4.98 Å². The van der Waals surface area contributed by atoms with Gasteiger partial charge in [0, 0.05) is 48.5 Å². The van der Waals surface area contributed by atoms with E-state index in [0.29, 0.717) is 0 Å². The number of aryl methyl sites for hydroxylation is 1. The van der Waals surface area contributed by atoms with Gasteiger partial charge in [-0.1, -0.05) is 0 Å². The van der Waals surface area contributed by atoms with Gasteiger partial charge < -0.3 is 9.88 Å². The van der Waals surface area contributed by atoms with Crippen LogP contribution in [0.25, 0.3) is 0 Å². The largest absolute Gasteiger partial charge is 0.337 e. The van der Waals surface area contributed by atoms with Crippen LogP contribution in [0.3, 0.4) is 0 Å². The fourth-order valence-electron chi connectivity index (χ4n) is 1.57. The summed E-state index contributed by atoms with van der Waals surface area (Å²) in [6.45, 7) is 1.98. The van der Waals surface area contributed by atoms with Crippen molar-refractivity contribution in [3.63, 3.8) is 0 Å². The maximum absolute atomic E-state index is 4.29. The number of hydrogen-bond acceptors (Lipinski definition) is 4. The fraction of sp³-hybridized carbons (Fsp3) is 0.700. The van der Waals surface area contributed by atoms with Crippen LogP contribution >= 0.6 is 23.5 Å². The molecular formula is C10H17N3S2. The Kier molecular flexibility index (Phi) is 4.41. The predicted octanol–water partition coefficient (Wildman–Crippen LogP) is 1.36. The summed E-state index contributed by atoms with van der Waals surface area (Å²) in [5, 5.41) is 4.26. The molecule has 0 amide bonds. The summed E-state index contributed by atoms with van der Waals surface area (Å²) in [4.78, 5) is 4.29. The van der Waals surface area contributed by atoms with Gasteiger partial charge >= 0.3 is 0 Å². The van der Waals surface area contributed by atoms with E-state index in [-0.39, 0.29) is 0 Å². The third-order valence-corrected chi connectivity index (χ3v) is 5.31. The number of thioether (sulfide) groups is 2. The van der Waals surface area contributed by atoms with Crippen LogP contribution in [0, 0.1) is 0 Å². The van der Waals surface area contributed by atoms with Crippen LogP contribution in [-0.4, -0.2) is 38.6 Å². The Morgan fingerprint density at radius 1 is 1.60 bits per heavy atom. The lowest BCUT2D eigenvalue weighted by atomic mass is 10.4. The Hall–Kier alpha value is -0.130. The van der Waals surface area contributed by atoms with Crippen LogP contribution in [0.15, 0.2) is 12.4 Å². The normalized spacial score (nSPS) is 21.8. The highest BCUT2D eigenvalue weighted by atomic mass is 32.2. The number of aromatic nitrogens is 2. The first-order chi connectivity index (χ1) is 7.36. The highest BCUT2D eigenvalue weighted by molar-refractivity contribution is 8.06. The molecule has 1 fully saturated rings. The van der Waals surface area contributed by atoms with Gasteiger partial charge in [0.25, 0.3) is 0 Å². The lowest BCUT2D eigenvalue weighted by Gasteiger charge is -2.21. The molecule has 5 heteroatoms. The van der Waals surface area contributed by atoms with Crippen molar-refractivity contribution >= 4 is 23.5 Å². The Morgan fingerprint density at radius 3 is 3.20 bits per heavy atom. The highest BCUT2D eigenvalue weighted by Crippen LogP contribution is 2.23. The molecule has 1 aromatic heterocycles. The first-order valence-electron chi connectivity index (χ1n) is 5.22. The van der Waals surface area contributed by atoms with Crippen LogP contribution in [0.1, 0.15) is 5.82 Å². The second kappa shape index (κ2) is 5.82. The van der Waals surface area contributed by atoms with Crippen LogP contribution in [0.5, 0.6) is 0 Å². The zero-order valence-electron chi connectivity index (χ0n) is 8.98. The van der Waals surface area contributed by atoms with Gasteiger partial charge in [0.2, 0.25) is 0 Å². The summed E-state index contributed by atoms with van der Waals surface area (Å²) in [6, 6.07) is 0. The van der Waals surface area contributed by atoms with Crippen molar-refractivity contribution < 1.29 is 0 Å². The molecule has 1 atom stereocenters. The van der Waals surface area contributed by atoms with Crippen LogP contribution in [-0.2, 0) is 13.6 Å². The molecule has 15 heavy (non-hydrogen) atoms. The van der Waals surface area contributed by atoms with Crippen molar-refractivity contribution in [2.24, 2.45) is 7.05 Å². The third kappa shape index (κ3) is 3.43. The van der Waals surface area contributed by atoms with E-state index in [4.69, 9.17) is 0 Å². The van der Waals surface area contributed by atoms with Gasteiger partial charge in [-0.15, -0.1) is 0 Å². The average Bonchev–Trinajstić information content (AvgIpc) is 2.66. The molecule has 0 radical (unpaired) electrons. The molecule has 0 saturated carbocycles. The summed E-state index contributed by atoms with van der Waals surface area (Å²) in [6.07, 6.45) is 3.84. The fourth-order valence-corrected chi connectivity index (χ4v) is 4.21. The lowest BCUT2D eigenvalue weighted by molar-refractivity contribution is 0.637. The van der Waals surface area contributed by atoms with E-state index < -0.39 is 0 Å². The Balaban J connectivity index is 1.68. The second-order valence-corrected chi connectivity index (χ2v) is 6.21. The van der Waals surface area contributed by atoms with Crippen LogP contribution in [0.2, 0.25) is 0 Å². The molecule has 1 N–H and O–H groups in total. The van der Waals surface area contributed by atoms with Gasteiger partial charge in [-0.05, 0) is 0 Å². The summed E-state index contributed by atoms with van der Waals surface area (Å²) in [5.41, 5.74) is 0. The predicted molar refractivity (Wildman–Crippen MR) is 68.5 cm³/mol. The molecule has 3 nitrogen and oxygen atoms in total. The first-order valence-corrected chi connectivity index (χ1v) is 7.43. The first kappa shape index (κ1) is 11.4. The summed E-state index contributed by atoms with van der Waals surface area (Å²) >= 11 is 4.17. The molecule has 0 aliphatic carbocycles. The van der Waals surface area contributed by atoms with Gasteiger partial charge in [-0.2, -0.15) is 23.5 Å². The quantitative estimate of drug-likeness (QED) is 0.865. The van der Waals surface area contributed by atoms with Crippen molar-refractivity contribution in [1.82, 2.24) is 14.9 Å². The minimum atomic E-state index is 0.781. The molecule has 2 heterocycles. The average molecular weight is 243 g/mol. The standard InChI is InChI=1S/C10H17N3S2/c1-13-3-2-12-10(13)7-11-6-9-8-14-4-5-15-9/h2-3,9,11H,4-8H2,1H3. The molecule has 1 aliphatic rings. The molecule has 84 valence electrons. The number of imidazole rings is 1. The Morgan fingerprint density at radius 2 is 2.53 bits per heavy atom. The maximum Gasteiger partial charge on any atom is 0.122 e. The van der Waals surface area contributed by atoms with E-state index in [9.17, 15) is 0 Å². The molecule has 1 aliphatic heterocycles. The van der Waals surface area contributed by atoms with Gasteiger partial charge in [-0.3, -0.25) is 0 Å². The Labute approximate surface area is 99.4 Å². The number of rotatable bonds is 4. The van der Waals surface area contributed by atoms with Gasteiger partial charge in [0.1, 0.15) is 5.82 Å². The summed E-state index contributed by atoms with van der Waals surface area (Å²) < 4.78 is 2.07. The van der Waals surface area contributed by atoms with Crippen molar-refractivity contribution in [1.29, 1.82) is 0 Å². The number of nitrogens with zero attached hydrogens (tertiary/aromatic N) is 2. The van der Waals surface area contributed by atoms with E-state index in [1.807, 2.05) is 19.4 Å². The molecule has 1 saturated heterocycles. The molecule has 1 aromatic rings. The number of nitrogens with one attached hydrogen (secondary N) is 1. The highest BCUT2D eigenvalue weighted by Gasteiger charge is 2.13. The van der Waals surface area contributed by atoms with Crippen molar-refractivity contribution in [2.45, 2.75) is 11.8 Å². The topological polar surface area (TPSA) is 29.9 Å². The molecule has 1 unspecified atom stereocenters. The SMILES string of the molecule is Cn1ccnc1CNCC1CSCCS1. The smallest absolute Gasteiger partial charge is 0.122 e. The van der Waals surface area contributed by atoms with E-state index >= 15 is 0 Å². The van der Waals surface area contributed by atoms with Crippen molar-refractivity contribution in [3.8, 4) is 0 Å². The minimum Gasteiger partial charge on any atom is -0.337 e. The monoisotopic (exact) mass is 243 g/mol. The van der Waals surface area contributed by atoms with Gasteiger partial charge in [0.05, 0.1) is 6.54 Å². The number of hydrogen-bond donors (Lipinski definition) is 1. The second-order valence-electron chi connectivity index (χ2n) is 3.65. The third-order valence-electron chi connectivity index (χ3n) is 2.46. The van der Waals surface area contributed by atoms with Crippen LogP contribution in [0.4, 0.5) is 0 Å². The molecule has 0 aromatic carbocycles. The summed E-state index contributed by atoms with van der Waals surface area (Å²) in [5.74, 6) is 5.03. The molecule has 0 bridgehead atoms. The van der Waals surface area contributed by atoms with E-state index in [2.05, 4.69) is 38.4 Å². The zero-order valence-corrected chi connectivity index (χ0v) is 10.6. The van der Waals surface area contributed by atoms with E-state index in [1.54, 1.807) is 0 Å². The zero-order chi connectivity index (χ0) is 10.5. The molecular weight excluding hydrogens is 226 g/mol. The van der Waals surface area contributed by atoms with E-state index in [0.717, 1.165) is 24.2 Å². The van der Waals surface area contributed by atoms with Crippen molar-refractivity contribution in [3.05, 3.63) is 18.2 Å². The van der Waals surface area contributed by atoms with Crippen LogP contribution < -0.4 is 5.32 Å². The summed E-state index contributed by atoms with van der Waals surface area (Å²) in [7, 11) is 2.04. The van der Waals surface area contributed by atoms with Gasteiger partial charge in [0.15, 0.2) is 0 Å². The molecule has 2 rings (SSSR count).